The molecule has 0 aromatic heterocycles. The van der Waals surface area contributed by atoms with Crippen LogP contribution in [0.5, 0.6) is 0 Å². The monoisotopic (exact) mass is 247 g/mol. The molecule has 98 valence electrons. The molecule has 1 aromatic carbocycles. The molecule has 4 nitrogen and oxygen atoms in total. The first-order valence-corrected chi connectivity index (χ1v) is 6.40. The Kier molecular flexibility index (Phi) is 3.87. The van der Waals surface area contributed by atoms with Crippen molar-refractivity contribution in [1.82, 2.24) is 4.90 Å². The predicted molar refractivity (Wildman–Crippen MR) is 74.5 cm³/mol. The van der Waals surface area contributed by atoms with E-state index in [2.05, 4.69) is 11.8 Å². The van der Waals surface area contributed by atoms with Gasteiger partial charge >= 0.3 is 0 Å². The minimum Gasteiger partial charge on any atom is -0.399 e. The van der Waals surface area contributed by atoms with Gasteiger partial charge in [-0.15, -0.1) is 0 Å². The zero-order chi connectivity index (χ0) is 13.1. The number of rotatable bonds is 3. The molecule has 2 N–H and O–H groups in total. The van der Waals surface area contributed by atoms with Crippen LogP contribution >= 0.6 is 0 Å². The molecule has 1 fully saturated rings. The molecule has 1 aromatic rings. The Hall–Kier alpha value is -1.55. The Morgan fingerprint density at radius 3 is 2.67 bits per heavy atom. The number of amides is 1. The highest BCUT2D eigenvalue weighted by Crippen LogP contribution is 2.17. The number of hydrogen-bond donors (Lipinski definition) is 1. The van der Waals surface area contributed by atoms with Crippen LogP contribution in [-0.4, -0.2) is 37.5 Å². The number of likely N-dealkylation sites (N-methyl/N-ethyl adjacent to an activating group) is 1. The third-order valence-corrected chi connectivity index (χ3v) is 3.52. The van der Waals surface area contributed by atoms with Crippen molar-refractivity contribution < 1.29 is 4.79 Å². The smallest absolute Gasteiger partial charge is 0.240 e. The SMILES string of the molecule is CC1CCN(CC(=O)N(C)c2ccc(N)cc2)C1. The number of carbonyl (C=O) groups is 1. The van der Waals surface area contributed by atoms with E-state index in [1.165, 1.54) is 6.42 Å². The number of benzene rings is 1. The lowest BCUT2D eigenvalue weighted by molar-refractivity contribution is -0.119. The lowest BCUT2D eigenvalue weighted by atomic mass is 10.2. The van der Waals surface area contributed by atoms with Gasteiger partial charge in [0.05, 0.1) is 6.54 Å². The second-order valence-electron chi connectivity index (χ2n) is 5.17. The Bertz CT molecular complexity index is 416. The van der Waals surface area contributed by atoms with Gasteiger partial charge in [-0.2, -0.15) is 0 Å². The van der Waals surface area contributed by atoms with Crippen molar-refractivity contribution in [2.45, 2.75) is 13.3 Å². The molecule has 0 spiro atoms. The molecule has 0 saturated carbocycles. The van der Waals surface area contributed by atoms with Gasteiger partial charge in [0.1, 0.15) is 0 Å². The maximum absolute atomic E-state index is 12.1. The van der Waals surface area contributed by atoms with Crippen molar-refractivity contribution in [2.75, 3.05) is 37.3 Å². The number of carbonyl (C=O) groups excluding carboxylic acids is 1. The number of nitrogen functional groups attached to an aromatic ring is 1. The summed E-state index contributed by atoms with van der Waals surface area (Å²) in [4.78, 5) is 16.1. The summed E-state index contributed by atoms with van der Waals surface area (Å²) < 4.78 is 0. The number of nitrogens with two attached hydrogens (primary N) is 1. The molecule has 1 amide bonds. The van der Waals surface area contributed by atoms with Crippen LogP contribution in [0.1, 0.15) is 13.3 Å². The van der Waals surface area contributed by atoms with E-state index in [9.17, 15) is 4.79 Å². The molecule has 1 heterocycles. The van der Waals surface area contributed by atoms with Crippen molar-refractivity contribution >= 4 is 17.3 Å². The van der Waals surface area contributed by atoms with E-state index < -0.39 is 0 Å². The molecule has 0 bridgehead atoms. The highest BCUT2D eigenvalue weighted by atomic mass is 16.2. The molecule has 1 saturated heterocycles. The zero-order valence-electron chi connectivity index (χ0n) is 11.1. The van der Waals surface area contributed by atoms with E-state index in [1.54, 1.807) is 4.90 Å². The largest absolute Gasteiger partial charge is 0.399 e. The fraction of sp³-hybridized carbons (Fsp3) is 0.500. The minimum absolute atomic E-state index is 0.133. The topological polar surface area (TPSA) is 49.6 Å². The van der Waals surface area contributed by atoms with Crippen molar-refractivity contribution in [3.05, 3.63) is 24.3 Å². The quantitative estimate of drug-likeness (QED) is 0.825. The fourth-order valence-corrected chi connectivity index (χ4v) is 2.31. The number of nitrogens with zero attached hydrogens (tertiary/aromatic N) is 2. The second kappa shape index (κ2) is 5.40. The molecule has 1 atom stereocenters. The average molecular weight is 247 g/mol. The molecule has 18 heavy (non-hydrogen) atoms. The first kappa shape index (κ1) is 12.9. The summed E-state index contributed by atoms with van der Waals surface area (Å²) in [7, 11) is 1.81. The maximum atomic E-state index is 12.1. The molecule has 1 aliphatic heterocycles. The van der Waals surface area contributed by atoms with Crippen LogP contribution in [0, 0.1) is 5.92 Å². The van der Waals surface area contributed by atoms with Gasteiger partial charge in [-0.05, 0) is 43.1 Å². The third-order valence-electron chi connectivity index (χ3n) is 3.52. The summed E-state index contributed by atoms with van der Waals surface area (Å²) >= 11 is 0. The first-order chi connectivity index (χ1) is 8.56. The van der Waals surface area contributed by atoms with E-state index in [0.717, 1.165) is 18.8 Å². The normalized spacial score (nSPS) is 20.0. The molecule has 1 unspecified atom stereocenters. The molecular weight excluding hydrogens is 226 g/mol. The van der Waals surface area contributed by atoms with E-state index in [-0.39, 0.29) is 5.91 Å². The molecule has 4 heteroatoms. The number of likely N-dealkylation sites (tertiary alicyclic amines) is 1. The van der Waals surface area contributed by atoms with Crippen LogP contribution in [0.4, 0.5) is 11.4 Å². The Labute approximate surface area is 108 Å². The fourth-order valence-electron chi connectivity index (χ4n) is 2.31. The Morgan fingerprint density at radius 1 is 1.44 bits per heavy atom. The van der Waals surface area contributed by atoms with Crippen molar-refractivity contribution in [3.8, 4) is 0 Å². The van der Waals surface area contributed by atoms with Crippen LogP contribution in [0.2, 0.25) is 0 Å². The van der Waals surface area contributed by atoms with Crippen LogP contribution in [0.15, 0.2) is 24.3 Å². The van der Waals surface area contributed by atoms with Crippen LogP contribution in [0.3, 0.4) is 0 Å². The maximum Gasteiger partial charge on any atom is 0.240 e. The molecule has 1 aliphatic rings. The summed E-state index contributed by atoms with van der Waals surface area (Å²) in [5.74, 6) is 0.841. The van der Waals surface area contributed by atoms with E-state index in [0.29, 0.717) is 18.2 Å². The Morgan fingerprint density at radius 2 is 2.11 bits per heavy atom. The molecular formula is C14H21N3O. The van der Waals surface area contributed by atoms with Crippen molar-refractivity contribution in [1.29, 1.82) is 0 Å². The van der Waals surface area contributed by atoms with Gasteiger partial charge in [-0.1, -0.05) is 6.92 Å². The van der Waals surface area contributed by atoms with E-state index >= 15 is 0 Å². The Balaban J connectivity index is 1.94. The molecule has 0 radical (unpaired) electrons. The summed E-state index contributed by atoms with van der Waals surface area (Å²) in [6.45, 7) is 4.79. The molecule has 0 aliphatic carbocycles. The van der Waals surface area contributed by atoms with E-state index in [1.807, 2.05) is 31.3 Å². The van der Waals surface area contributed by atoms with Gasteiger partial charge in [0, 0.05) is 25.0 Å². The predicted octanol–water partition coefficient (Wildman–Crippen LogP) is 1.57. The van der Waals surface area contributed by atoms with Gasteiger partial charge in [0.25, 0.3) is 0 Å². The number of anilines is 2. The van der Waals surface area contributed by atoms with Gasteiger partial charge < -0.3 is 10.6 Å². The minimum atomic E-state index is 0.133. The summed E-state index contributed by atoms with van der Waals surface area (Å²) in [5, 5.41) is 0. The summed E-state index contributed by atoms with van der Waals surface area (Å²) in [6.07, 6.45) is 1.19. The highest BCUT2D eigenvalue weighted by Gasteiger charge is 2.22. The number of hydrogen-bond acceptors (Lipinski definition) is 3. The van der Waals surface area contributed by atoms with Crippen LogP contribution in [-0.2, 0) is 4.79 Å². The van der Waals surface area contributed by atoms with Gasteiger partial charge in [0.2, 0.25) is 5.91 Å². The standard InChI is InChI=1S/C14H21N3O/c1-11-7-8-17(9-11)10-14(18)16(2)13-5-3-12(15)4-6-13/h3-6,11H,7-10,15H2,1-2H3. The highest BCUT2D eigenvalue weighted by molar-refractivity contribution is 5.94. The van der Waals surface area contributed by atoms with E-state index in [4.69, 9.17) is 5.73 Å². The summed E-state index contributed by atoms with van der Waals surface area (Å²) in [5.41, 5.74) is 7.24. The van der Waals surface area contributed by atoms with Crippen LogP contribution < -0.4 is 10.6 Å². The van der Waals surface area contributed by atoms with Crippen molar-refractivity contribution in [3.63, 3.8) is 0 Å². The third kappa shape index (κ3) is 3.01. The average Bonchev–Trinajstić information content (AvgIpc) is 2.75. The first-order valence-electron chi connectivity index (χ1n) is 6.40. The molecule has 2 rings (SSSR count). The van der Waals surface area contributed by atoms with Crippen molar-refractivity contribution in [2.24, 2.45) is 5.92 Å². The van der Waals surface area contributed by atoms with Crippen LogP contribution in [0.25, 0.3) is 0 Å². The van der Waals surface area contributed by atoms with Gasteiger partial charge in [-0.3, -0.25) is 9.69 Å². The zero-order valence-corrected chi connectivity index (χ0v) is 11.1. The summed E-state index contributed by atoms with van der Waals surface area (Å²) in [6, 6.07) is 7.38. The second-order valence-corrected chi connectivity index (χ2v) is 5.17. The van der Waals surface area contributed by atoms with Gasteiger partial charge in [0.15, 0.2) is 0 Å². The lowest BCUT2D eigenvalue weighted by Crippen LogP contribution is -2.37. The lowest BCUT2D eigenvalue weighted by Gasteiger charge is -2.21. The van der Waals surface area contributed by atoms with Gasteiger partial charge in [-0.25, -0.2) is 0 Å².